The molecule has 0 amide bonds. The van der Waals surface area contributed by atoms with E-state index < -0.39 is 23.6 Å². The Bertz CT molecular complexity index is 587. The first-order valence-corrected chi connectivity index (χ1v) is 7.97. The molecule has 1 rings (SSSR count). The highest BCUT2D eigenvalue weighted by Gasteiger charge is 2.26. The van der Waals surface area contributed by atoms with Gasteiger partial charge in [-0.15, -0.1) is 0 Å². The highest BCUT2D eigenvalue weighted by atomic mass is 16.5. The molecule has 1 aromatic carbocycles. The third-order valence-electron chi connectivity index (χ3n) is 2.95. The zero-order valence-electron chi connectivity index (χ0n) is 14.5. The van der Waals surface area contributed by atoms with Gasteiger partial charge in [0, 0.05) is 6.42 Å². The molecule has 0 aliphatic heterocycles. The van der Waals surface area contributed by atoms with E-state index >= 15 is 0 Å². The van der Waals surface area contributed by atoms with Crippen molar-refractivity contribution in [1.82, 2.24) is 0 Å². The lowest BCUT2D eigenvalue weighted by molar-refractivity contribution is -0.158. The number of hydrogen-bond donors (Lipinski definition) is 0. The molecule has 0 aromatic heterocycles. The van der Waals surface area contributed by atoms with Crippen LogP contribution < -0.4 is 0 Å². The molecule has 0 aliphatic rings. The molecular weight excluding hydrogens is 308 g/mol. The van der Waals surface area contributed by atoms with Gasteiger partial charge in [0.25, 0.3) is 0 Å². The molecule has 1 aromatic rings. The van der Waals surface area contributed by atoms with Crippen molar-refractivity contribution in [2.75, 3.05) is 0 Å². The number of carbonyl (C=O) groups excluding carboxylic acids is 3. The van der Waals surface area contributed by atoms with Crippen LogP contribution in [0.1, 0.15) is 39.7 Å². The van der Waals surface area contributed by atoms with Crippen LogP contribution in [0.5, 0.6) is 0 Å². The molecular formula is C19H24O5. The standard InChI is InChI=1S/C19H24O5/c1-13(2)23-18(21)16(11-10-15-8-6-5-7-9-15)12-17(20)19(22)24-14(3)4/h5-11,13-14,16H,12H2,1-4H3/b11-10+. The molecule has 0 spiro atoms. The topological polar surface area (TPSA) is 69.7 Å². The summed E-state index contributed by atoms with van der Waals surface area (Å²) in [5, 5.41) is 0. The Hall–Kier alpha value is -2.43. The predicted octanol–water partition coefficient (Wildman–Crippen LogP) is 3.18. The Labute approximate surface area is 142 Å². The summed E-state index contributed by atoms with van der Waals surface area (Å²) >= 11 is 0. The van der Waals surface area contributed by atoms with E-state index in [9.17, 15) is 14.4 Å². The van der Waals surface area contributed by atoms with E-state index in [1.807, 2.05) is 30.3 Å². The highest BCUT2D eigenvalue weighted by molar-refractivity contribution is 6.34. The molecule has 1 atom stereocenters. The van der Waals surface area contributed by atoms with Crippen molar-refractivity contribution in [1.29, 1.82) is 0 Å². The van der Waals surface area contributed by atoms with Crippen LogP contribution in [0.15, 0.2) is 36.4 Å². The van der Waals surface area contributed by atoms with E-state index in [1.54, 1.807) is 39.8 Å². The summed E-state index contributed by atoms with van der Waals surface area (Å²) in [5.41, 5.74) is 0.886. The van der Waals surface area contributed by atoms with Gasteiger partial charge in [-0.3, -0.25) is 9.59 Å². The molecule has 0 saturated heterocycles. The number of ether oxygens (including phenoxy) is 2. The molecule has 1 unspecified atom stereocenters. The highest BCUT2D eigenvalue weighted by Crippen LogP contribution is 2.14. The van der Waals surface area contributed by atoms with Gasteiger partial charge in [0.2, 0.25) is 5.78 Å². The smallest absolute Gasteiger partial charge is 0.374 e. The Balaban J connectivity index is 2.85. The monoisotopic (exact) mass is 332 g/mol. The fourth-order valence-corrected chi connectivity index (χ4v) is 1.90. The van der Waals surface area contributed by atoms with Crippen molar-refractivity contribution in [2.45, 2.75) is 46.3 Å². The lowest BCUT2D eigenvalue weighted by atomic mass is 10.0. The molecule has 0 radical (unpaired) electrons. The fourth-order valence-electron chi connectivity index (χ4n) is 1.90. The van der Waals surface area contributed by atoms with Crippen molar-refractivity contribution in [3.8, 4) is 0 Å². The van der Waals surface area contributed by atoms with Crippen molar-refractivity contribution >= 4 is 23.8 Å². The Morgan fingerprint density at radius 1 is 0.958 bits per heavy atom. The van der Waals surface area contributed by atoms with E-state index in [4.69, 9.17) is 9.47 Å². The van der Waals surface area contributed by atoms with E-state index in [2.05, 4.69) is 0 Å². The minimum absolute atomic E-state index is 0.277. The average molecular weight is 332 g/mol. The maximum atomic E-state index is 12.2. The molecule has 5 nitrogen and oxygen atoms in total. The quantitative estimate of drug-likeness (QED) is 0.540. The number of benzene rings is 1. The third-order valence-corrected chi connectivity index (χ3v) is 2.95. The van der Waals surface area contributed by atoms with Crippen LogP contribution in [-0.4, -0.2) is 29.9 Å². The molecule has 0 bridgehead atoms. The molecule has 0 aliphatic carbocycles. The van der Waals surface area contributed by atoms with Crippen LogP contribution in [0.3, 0.4) is 0 Å². The van der Waals surface area contributed by atoms with Crippen LogP contribution in [0.2, 0.25) is 0 Å². The van der Waals surface area contributed by atoms with Gasteiger partial charge in [0.05, 0.1) is 18.1 Å². The van der Waals surface area contributed by atoms with Crippen molar-refractivity contribution in [2.24, 2.45) is 5.92 Å². The second kappa shape index (κ2) is 9.65. The zero-order chi connectivity index (χ0) is 18.1. The first kappa shape index (κ1) is 19.6. The Morgan fingerprint density at radius 3 is 2.08 bits per heavy atom. The molecule has 0 N–H and O–H groups in total. The number of esters is 2. The predicted molar refractivity (Wildman–Crippen MR) is 91.0 cm³/mol. The van der Waals surface area contributed by atoms with Crippen molar-refractivity contribution < 1.29 is 23.9 Å². The SMILES string of the molecule is CC(C)OC(=O)C(=O)CC(/C=C/c1ccccc1)C(=O)OC(C)C. The lowest BCUT2D eigenvalue weighted by Crippen LogP contribution is -2.27. The van der Waals surface area contributed by atoms with Crippen LogP contribution in [0.25, 0.3) is 6.08 Å². The normalized spacial score (nSPS) is 12.4. The third kappa shape index (κ3) is 7.22. The summed E-state index contributed by atoms with van der Waals surface area (Å²) in [6.07, 6.45) is 2.35. The largest absolute Gasteiger partial charge is 0.463 e. The lowest BCUT2D eigenvalue weighted by Gasteiger charge is -2.14. The first-order valence-electron chi connectivity index (χ1n) is 7.97. The summed E-state index contributed by atoms with van der Waals surface area (Å²) in [6, 6.07) is 9.36. The summed E-state index contributed by atoms with van der Waals surface area (Å²) in [4.78, 5) is 35.8. The van der Waals surface area contributed by atoms with Crippen LogP contribution >= 0.6 is 0 Å². The van der Waals surface area contributed by atoms with Gasteiger partial charge in [-0.05, 0) is 33.3 Å². The van der Waals surface area contributed by atoms with Gasteiger partial charge in [-0.25, -0.2) is 4.79 Å². The van der Waals surface area contributed by atoms with Gasteiger partial charge >= 0.3 is 11.9 Å². The maximum absolute atomic E-state index is 12.2. The molecule has 5 heteroatoms. The van der Waals surface area contributed by atoms with E-state index in [0.29, 0.717) is 0 Å². The van der Waals surface area contributed by atoms with Gasteiger partial charge in [-0.2, -0.15) is 0 Å². The summed E-state index contributed by atoms with van der Waals surface area (Å²) in [6.45, 7) is 6.77. The number of Topliss-reactive ketones (excluding diaryl/α,β-unsaturated/α-hetero) is 1. The second-order valence-corrected chi connectivity index (χ2v) is 5.94. The molecule has 0 fully saturated rings. The minimum Gasteiger partial charge on any atom is -0.463 e. The molecule has 0 saturated carbocycles. The van der Waals surface area contributed by atoms with E-state index in [0.717, 1.165) is 5.56 Å². The number of carbonyl (C=O) groups is 3. The maximum Gasteiger partial charge on any atom is 0.374 e. The minimum atomic E-state index is -0.930. The second-order valence-electron chi connectivity index (χ2n) is 5.94. The van der Waals surface area contributed by atoms with Gasteiger partial charge < -0.3 is 9.47 Å². The van der Waals surface area contributed by atoms with Crippen LogP contribution in [-0.2, 0) is 23.9 Å². The summed E-state index contributed by atoms with van der Waals surface area (Å²) in [5.74, 6) is -3.05. The number of hydrogen-bond acceptors (Lipinski definition) is 5. The number of rotatable bonds is 8. The van der Waals surface area contributed by atoms with Gasteiger partial charge in [0.15, 0.2) is 0 Å². The van der Waals surface area contributed by atoms with E-state index in [1.165, 1.54) is 0 Å². The molecule has 130 valence electrons. The van der Waals surface area contributed by atoms with Gasteiger partial charge in [0.1, 0.15) is 0 Å². The average Bonchev–Trinajstić information content (AvgIpc) is 2.50. The fraction of sp³-hybridized carbons (Fsp3) is 0.421. The van der Waals surface area contributed by atoms with Gasteiger partial charge in [-0.1, -0.05) is 42.5 Å². The Morgan fingerprint density at radius 2 is 1.54 bits per heavy atom. The van der Waals surface area contributed by atoms with Crippen LogP contribution in [0, 0.1) is 5.92 Å². The first-order chi connectivity index (χ1) is 11.3. The molecule has 0 heterocycles. The van der Waals surface area contributed by atoms with Crippen molar-refractivity contribution in [3.05, 3.63) is 42.0 Å². The summed E-state index contributed by atoms with van der Waals surface area (Å²) < 4.78 is 10.0. The van der Waals surface area contributed by atoms with Crippen molar-refractivity contribution in [3.63, 3.8) is 0 Å². The van der Waals surface area contributed by atoms with Crippen LogP contribution in [0.4, 0.5) is 0 Å². The summed E-state index contributed by atoms with van der Waals surface area (Å²) in [7, 11) is 0. The number of ketones is 1. The molecule has 24 heavy (non-hydrogen) atoms. The Kier molecular flexibility index (Phi) is 7.89. The van der Waals surface area contributed by atoms with E-state index in [-0.39, 0.29) is 18.6 Å². The zero-order valence-corrected chi connectivity index (χ0v) is 14.5.